The van der Waals surface area contributed by atoms with Crippen LogP contribution in [0.3, 0.4) is 0 Å². The van der Waals surface area contributed by atoms with Gasteiger partial charge in [-0.05, 0) is 31.2 Å². The summed E-state index contributed by atoms with van der Waals surface area (Å²) in [4.78, 5) is 20.2. The number of nitrogens with zero attached hydrogens (tertiary/aromatic N) is 4. The maximum Gasteiger partial charge on any atom is 0.251 e. The average molecular weight is 268 g/mol. The number of carbonyl (C=O) groups is 1. The highest BCUT2D eigenvalue weighted by atomic mass is 16.1. The number of carbonyl (C=O) groups excluding carboxylic acids is 1. The zero-order valence-electron chi connectivity index (χ0n) is 10.8. The summed E-state index contributed by atoms with van der Waals surface area (Å²) in [6.45, 7) is 2.24. The molecule has 100 valence electrons. The molecule has 0 aliphatic heterocycles. The summed E-state index contributed by atoms with van der Waals surface area (Å²) in [6.07, 6.45) is 1.48. The lowest BCUT2D eigenvalue weighted by Crippen LogP contribution is -2.23. The molecule has 0 unspecified atom stereocenters. The maximum atomic E-state index is 12.1. The van der Waals surface area contributed by atoms with Crippen LogP contribution in [0.2, 0.25) is 0 Å². The van der Waals surface area contributed by atoms with E-state index in [9.17, 15) is 4.79 Å². The van der Waals surface area contributed by atoms with Crippen molar-refractivity contribution >= 4 is 16.9 Å². The molecule has 3 aromatic rings. The maximum absolute atomic E-state index is 12.1. The Morgan fingerprint density at radius 2 is 2.05 bits per heavy atom. The van der Waals surface area contributed by atoms with Gasteiger partial charge >= 0.3 is 0 Å². The van der Waals surface area contributed by atoms with Crippen molar-refractivity contribution in [2.24, 2.45) is 0 Å². The number of aromatic nitrogens is 5. The van der Waals surface area contributed by atoms with Gasteiger partial charge in [0.05, 0.1) is 12.2 Å². The smallest absolute Gasteiger partial charge is 0.251 e. The zero-order chi connectivity index (χ0) is 13.9. The van der Waals surface area contributed by atoms with E-state index in [2.05, 4.69) is 30.7 Å². The molecule has 0 radical (unpaired) electrons. The van der Waals surface area contributed by atoms with Gasteiger partial charge in [0.2, 0.25) is 0 Å². The molecule has 0 atom stereocenters. The van der Waals surface area contributed by atoms with Crippen molar-refractivity contribution in [3.63, 3.8) is 0 Å². The van der Waals surface area contributed by atoms with Crippen LogP contribution in [-0.4, -0.2) is 31.3 Å². The van der Waals surface area contributed by atoms with E-state index < -0.39 is 0 Å². The fourth-order valence-electron chi connectivity index (χ4n) is 1.86. The predicted molar refractivity (Wildman–Crippen MR) is 71.8 cm³/mol. The second kappa shape index (κ2) is 5.04. The molecule has 1 aromatic carbocycles. The largest absolute Gasteiger partial charge is 0.346 e. The standard InChI is InChI=1S/C13H12N6O/c1-8-4-10(16-7-15-8)6-14-13(20)9-2-3-11-12(5-9)18-19-17-11/h2-5,7H,6H2,1H3,(H,14,20)(H,17,18,19). The Morgan fingerprint density at radius 1 is 1.20 bits per heavy atom. The van der Waals surface area contributed by atoms with Crippen molar-refractivity contribution in [3.05, 3.63) is 47.5 Å². The lowest BCUT2D eigenvalue weighted by molar-refractivity contribution is 0.0950. The Labute approximate surface area is 114 Å². The van der Waals surface area contributed by atoms with Gasteiger partial charge in [0, 0.05) is 11.3 Å². The molecule has 3 rings (SSSR count). The Hall–Kier alpha value is -2.83. The van der Waals surface area contributed by atoms with Gasteiger partial charge in [-0.1, -0.05) is 0 Å². The highest BCUT2D eigenvalue weighted by molar-refractivity contribution is 5.97. The molecule has 0 saturated carbocycles. The van der Waals surface area contributed by atoms with Crippen molar-refractivity contribution < 1.29 is 4.79 Å². The molecule has 0 bridgehead atoms. The Kier molecular flexibility index (Phi) is 3.08. The van der Waals surface area contributed by atoms with Gasteiger partial charge in [-0.2, -0.15) is 15.4 Å². The van der Waals surface area contributed by atoms with Crippen molar-refractivity contribution in [3.8, 4) is 0 Å². The van der Waals surface area contributed by atoms with Crippen molar-refractivity contribution in [1.82, 2.24) is 30.7 Å². The summed E-state index contributed by atoms with van der Waals surface area (Å²) in [5.41, 5.74) is 3.57. The van der Waals surface area contributed by atoms with Crippen LogP contribution >= 0.6 is 0 Å². The summed E-state index contributed by atoms with van der Waals surface area (Å²) in [5.74, 6) is -0.175. The van der Waals surface area contributed by atoms with Crippen molar-refractivity contribution in [2.45, 2.75) is 13.5 Å². The number of hydrogen-bond acceptors (Lipinski definition) is 5. The van der Waals surface area contributed by atoms with Crippen molar-refractivity contribution in [2.75, 3.05) is 0 Å². The van der Waals surface area contributed by atoms with Crippen LogP contribution < -0.4 is 5.32 Å². The number of hydrogen-bond donors (Lipinski definition) is 2. The SMILES string of the molecule is Cc1cc(CNC(=O)c2ccc3n[nH]nc3c2)ncn1. The van der Waals surface area contributed by atoms with Crippen LogP contribution in [0.4, 0.5) is 0 Å². The van der Waals surface area contributed by atoms with E-state index in [-0.39, 0.29) is 5.91 Å². The van der Waals surface area contributed by atoms with E-state index in [1.54, 1.807) is 18.2 Å². The summed E-state index contributed by atoms with van der Waals surface area (Å²) >= 11 is 0. The number of rotatable bonds is 3. The first-order valence-electron chi connectivity index (χ1n) is 6.08. The quantitative estimate of drug-likeness (QED) is 0.738. The topological polar surface area (TPSA) is 96.5 Å². The monoisotopic (exact) mass is 268 g/mol. The van der Waals surface area contributed by atoms with E-state index in [1.807, 2.05) is 13.0 Å². The highest BCUT2D eigenvalue weighted by Crippen LogP contribution is 2.10. The van der Waals surface area contributed by atoms with Crippen LogP contribution in [0.1, 0.15) is 21.7 Å². The number of benzene rings is 1. The summed E-state index contributed by atoms with van der Waals surface area (Å²) < 4.78 is 0. The number of nitrogens with one attached hydrogen (secondary N) is 2. The molecule has 2 N–H and O–H groups in total. The van der Waals surface area contributed by atoms with Crippen LogP contribution in [0.25, 0.3) is 11.0 Å². The molecule has 0 aliphatic rings. The molecular formula is C13H12N6O. The summed E-state index contributed by atoms with van der Waals surface area (Å²) in [5, 5.41) is 13.2. The first-order chi connectivity index (χ1) is 9.72. The van der Waals surface area contributed by atoms with Gasteiger partial charge in [0.15, 0.2) is 0 Å². The van der Waals surface area contributed by atoms with Gasteiger partial charge in [-0.3, -0.25) is 4.79 Å². The lowest BCUT2D eigenvalue weighted by Gasteiger charge is -2.05. The molecule has 7 nitrogen and oxygen atoms in total. The van der Waals surface area contributed by atoms with E-state index in [1.165, 1.54) is 6.33 Å². The molecule has 1 amide bonds. The molecule has 0 spiro atoms. The minimum Gasteiger partial charge on any atom is -0.346 e. The third kappa shape index (κ3) is 2.46. The van der Waals surface area contributed by atoms with Crippen LogP contribution in [-0.2, 0) is 6.54 Å². The van der Waals surface area contributed by atoms with Crippen LogP contribution in [0, 0.1) is 6.92 Å². The second-order valence-electron chi connectivity index (χ2n) is 4.36. The summed E-state index contributed by atoms with van der Waals surface area (Å²) in [6, 6.07) is 6.99. The number of H-pyrrole nitrogens is 1. The normalized spacial score (nSPS) is 10.7. The van der Waals surface area contributed by atoms with Crippen LogP contribution in [0.5, 0.6) is 0 Å². The molecule has 0 saturated heterocycles. The van der Waals surface area contributed by atoms with Gasteiger partial charge in [-0.15, -0.1) is 0 Å². The van der Waals surface area contributed by atoms with Crippen molar-refractivity contribution in [1.29, 1.82) is 0 Å². The minimum atomic E-state index is -0.175. The third-order valence-electron chi connectivity index (χ3n) is 2.87. The third-order valence-corrected chi connectivity index (χ3v) is 2.87. The molecular weight excluding hydrogens is 256 g/mol. The Balaban J connectivity index is 1.72. The van der Waals surface area contributed by atoms with E-state index in [4.69, 9.17) is 0 Å². The first-order valence-corrected chi connectivity index (χ1v) is 6.08. The van der Waals surface area contributed by atoms with Gasteiger partial charge in [-0.25, -0.2) is 9.97 Å². The molecule has 2 heterocycles. The molecule has 0 fully saturated rings. The zero-order valence-corrected chi connectivity index (χ0v) is 10.8. The van der Waals surface area contributed by atoms with E-state index >= 15 is 0 Å². The molecule has 7 heteroatoms. The molecule has 20 heavy (non-hydrogen) atoms. The Morgan fingerprint density at radius 3 is 2.90 bits per heavy atom. The second-order valence-corrected chi connectivity index (χ2v) is 4.36. The van der Waals surface area contributed by atoms with E-state index in [0.29, 0.717) is 17.6 Å². The fraction of sp³-hybridized carbons (Fsp3) is 0.154. The number of aryl methyl sites for hydroxylation is 1. The number of aromatic amines is 1. The minimum absolute atomic E-state index is 0.175. The molecule has 2 aromatic heterocycles. The fourth-order valence-corrected chi connectivity index (χ4v) is 1.86. The molecule has 0 aliphatic carbocycles. The number of fused-ring (bicyclic) bond motifs is 1. The van der Waals surface area contributed by atoms with Gasteiger partial charge in [0.1, 0.15) is 17.4 Å². The predicted octanol–water partition coefficient (Wildman–Crippen LogP) is 0.986. The van der Waals surface area contributed by atoms with Crippen LogP contribution in [0.15, 0.2) is 30.6 Å². The first kappa shape index (κ1) is 12.2. The highest BCUT2D eigenvalue weighted by Gasteiger charge is 2.08. The number of amides is 1. The van der Waals surface area contributed by atoms with Gasteiger partial charge < -0.3 is 5.32 Å². The summed E-state index contributed by atoms with van der Waals surface area (Å²) in [7, 11) is 0. The Bertz CT molecular complexity index is 766. The average Bonchev–Trinajstić information content (AvgIpc) is 2.92. The lowest BCUT2D eigenvalue weighted by atomic mass is 10.2. The van der Waals surface area contributed by atoms with E-state index in [0.717, 1.165) is 16.9 Å². The van der Waals surface area contributed by atoms with Gasteiger partial charge in [0.25, 0.3) is 5.91 Å².